The predicted octanol–water partition coefficient (Wildman–Crippen LogP) is -1.50. The van der Waals surface area contributed by atoms with E-state index in [0.29, 0.717) is 6.42 Å². The van der Waals surface area contributed by atoms with Gasteiger partial charge in [-0.3, -0.25) is 58.3 Å². The van der Waals surface area contributed by atoms with Crippen LogP contribution in [0.15, 0.2) is 98.8 Å². The zero-order chi connectivity index (χ0) is 64.2. The topological polar surface area (TPSA) is 558 Å². The monoisotopic (exact) mass is 1210 g/mol. The normalized spacial score (nSPS) is 11.9. The number of nitrogens with one attached hydrogen (secondary N) is 7. The summed E-state index contributed by atoms with van der Waals surface area (Å²) >= 11 is 0. The van der Waals surface area contributed by atoms with E-state index in [9.17, 15) is 38.4 Å². The summed E-state index contributed by atoms with van der Waals surface area (Å²) in [4.78, 5) is 125. The fourth-order valence-corrected chi connectivity index (χ4v) is 8.24. The molecule has 0 heterocycles. The number of hydrogen-bond donors (Lipinski definition) is 17. The Morgan fingerprint density at radius 1 is 0.402 bits per heavy atom. The van der Waals surface area contributed by atoms with E-state index >= 15 is 0 Å². The number of ether oxygens (including phenoxy) is 3. The molecule has 0 radical (unpaired) electrons. The first-order chi connectivity index (χ1) is 41.4. The fraction of sp³-hybridized carbons (Fsp3) is 0.345. The van der Waals surface area contributed by atoms with Crippen molar-refractivity contribution in [3.8, 4) is 17.2 Å². The van der Waals surface area contributed by atoms with Crippen molar-refractivity contribution >= 4 is 93.8 Å². The molecule has 0 aliphatic heterocycles. The van der Waals surface area contributed by atoms with Gasteiger partial charge in [-0.15, -0.1) is 0 Å². The van der Waals surface area contributed by atoms with Crippen LogP contribution in [0.3, 0.4) is 0 Å². The van der Waals surface area contributed by atoms with Crippen LogP contribution < -0.4 is 109 Å². The lowest BCUT2D eigenvalue weighted by atomic mass is 10.1. The quantitative estimate of drug-likeness (QED) is 0.0144. The molecule has 0 fully saturated rings. The number of benzene rings is 4. The van der Waals surface area contributed by atoms with Crippen LogP contribution in [0.2, 0.25) is 0 Å². The largest absolute Gasteiger partial charge is 0.496 e. The molecular formula is C55H77N21O11. The Bertz CT molecular complexity index is 3210. The summed E-state index contributed by atoms with van der Waals surface area (Å²) in [7, 11) is 3.94. The second-order valence-electron chi connectivity index (χ2n) is 19.1. The molecule has 0 unspecified atom stereocenters. The first-order valence-corrected chi connectivity index (χ1v) is 27.0. The smallest absolute Gasteiger partial charge is 0.255 e. The Morgan fingerprint density at radius 2 is 0.701 bits per heavy atom. The van der Waals surface area contributed by atoms with Gasteiger partial charge in [-0.25, -0.2) is 0 Å². The van der Waals surface area contributed by atoms with E-state index in [-0.39, 0.29) is 157 Å². The van der Waals surface area contributed by atoms with Gasteiger partial charge < -0.3 is 109 Å². The number of rotatable bonds is 34. The van der Waals surface area contributed by atoms with Crippen LogP contribution in [-0.2, 0) is 19.2 Å². The molecule has 0 aliphatic carbocycles. The molecule has 8 amide bonds. The van der Waals surface area contributed by atoms with Crippen molar-refractivity contribution in [2.24, 2.45) is 77.3 Å². The number of hydrogen-bond acceptors (Lipinski definition) is 16. The highest BCUT2D eigenvalue weighted by molar-refractivity contribution is 6.07. The van der Waals surface area contributed by atoms with Crippen LogP contribution in [0, 0.1) is 0 Å². The maximum absolute atomic E-state index is 14.3. The zero-order valence-corrected chi connectivity index (χ0v) is 48.4. The molecule has 4 atom stereocenters. The third kappa shape index (κ3) is 23.0. The average molecular weight is 1210 g/mol. The number of carbonyl (C=O) groups is 8. The standard InChI is InChI=1S/C55H77N21O11/c1-85-41-18-15-31(70-48(81)37(56)11-5-21-66-52(58)59)26-34(41)45(78)75-39(13-7-23-68-54(62)63)50(83)72-33-17-20-43(87-3)36(28-33)47(80)76-40(14-8-24-69-55(64)65)51(84)73-32-16-19-42(86-2)35(27-32)46(79)74-38(12-6-22-67-53(60)61)49(82)71-30-10-4-9-29(25-30)44(57)77/h4,9-10,15-20,25-28,37-40H,5-8,11-14,21-24,56H2,1-3H3,(H2,57,77)(H,70,81)(H,71,82)(H,72,83)(H,73,84)(H,74,79)(H,75,78)(H,76,80)(H4,58,59,66)(H4,60,61,67)(H4,62,63,68)(H4,64,65,69)/t37-,38-,39-,40-/m1/s1. The van der Waals surface area contributed by atoms with Gasteiger partial charge in [-0.1, -0.05) is 6.07 Å². The molecule has 4 aromatic rings. The van der Waals surface area contributed by atoms with Gasteiger partial charge in [0.25, 0.3) is 17.7 Å². The van der Waals surface area contributed by atoms with Gasteiger partial charge in [0.2, 0.25) is 29.5 Å². The van der Waals surface area contributed by atoms with Crippen LogP contribution in [0.4, 0.5) is 22.7 Å². The Labute approximate surface area is 500 Å². The third-order valence-corrected chi connectivity index (χ3v) is 12.6. The summed E-state index contributed by atoms with van der Waals surface area (Å²) in [5.74, 6) is -6.30. The van der Waals surface area contributed by atoms with Crippen molar-refractivity contribution in [2.75, 3.05) is 68.8 Å². The summed E-state index contributed by atoms with van der Waals surface area (Å²) in [5.41, 5.74) is 55.8. The number of anilines is 4. The van der Waals surface area contributed by atoms with E-state index in [4.69, 9.17) is 71.5 Å². The maximum atomic E-state index is 14.3. The minimum Gasteiger partial charge on any atom is -0.496 e. The first kappa shape index (κ1) is 68.6. The number of nitrogens with two attached hydrogens (primary N) is 10. The van der Waals surface area contributed by atoms with Gasteiger partial charge in [-0.2, -0.15) is 0 Å². The van der Waals surface area contributed by atoms with E-state index < -0.39 is 71.4 Å². The van der Waals surface area contributed by atoms with Crippen molar-refractivity contribution in [1.29, 1.82) is 0 Å². The number of primary amides is 1. The highest BCUT2D eigenvalue weighted by Crippen LogP contribution is 2.27. The van der Waals surface area contributed by atoms with E-state index in [0.717, 1.165) is 0 Å². The molecule has 32 nitrogen and oxygen atoms in total. The summed E-state index contributed by atoms with van der Waals surface area (Å²) in [6, 6.07) is 13.7. The van der Waals surface area contributed by atoms with Gasteiger partial charge >= 0.3 is 0 Å². The fourth-order valence-electron chi connectivity index (χ4n) is 8.24. The molecule has 0 bridgehead atoms. The van der Waals surface area contributed by atoms with Crippen molar-refractivity contribution in [1.82, 2.24) is 16.0 Å². The number of methoxy groups -OCH3 is 3. The number of guanidine groups is 4. The lowest BCUT2D eigenvalue weighted by molar-refractivity contribution is -0.118. The van der Waals surface area contributed by atoms with Crippen molar-refractivity contribution in [3.63, 3.8) is 0 Å². The van der Waals surface area contributed by atoms with Crippen LogP contribution in [0.25, 0.3) is 0 Å². The van der Waals surface area contributed by atoms with Gasteiger partial charge in [0.1, 0.15) is 35.4 Å². The van der Waals surface area contributed by atoms with Gasteiger partial charge in [-0.05, 0) is 124 Å². The molecule has 32 heteroatoms. The van der Waals surface area contributed by atoms with Crippen LogP contribution in [-0.4, -0.2) is 143 Å². The Balaban J connectivity index is 1.60. The average Bonchev–Trinajstić information content (AvgIpc) is 3.19. The molecule has 468 valence electrons. The molecule has 4 aromatic carbocycles. The van der Waals surface area contributed by atoms with E-state index in [2.05, 4.69) is 57.2 Å². The highest BCUT2D eigenvalue weighted by Gasteiger charge is 2.29. The zero-order valence-electron chi connectivity index (χ0n) is 48.4. The first-order valence-electron chi connectivity index (χ1n) is 27.0. The second-order valence-corrected chi connectivity index (χ2v) is 19.1. The van der Waals surface area contributed by atoms with E-state index in [1.54, 1.807) is 0 Å². The molecule has 0 aromatic heterocycles. The summed E-state index contributed by atoms with van der Waals surface area (Å²) < 4.78 is 16.5. The molecule has 0 saturated carbocycles. The van der Waals surface area contributed by atoms with Crippen LogP contribution in [0.5, 0.6) is 17.2 Å². The highest BCUT2D eigenvalue weighted by atomic mass is 16.5. The van der Waals surface area contributed by atoms with Crippen molar-refractivity contribution in [2.45, 2.75) is 75.5 Å². The Hall–Kier alpha value is -10.9. The van der Waals surface area contributed by atoms with E-state index in [1.807, 2.05) is 0 Å². The molecule has 27 N–H and O–H groups in total. The minimum atomic E-state index is -1.31. The van der Waals surface area contributed by atoms with E-state index in [1.165, 1.54) is 100 Å². The van der Waals surface area contributed by atoms with Crippen molar-refractivity contribution < 1.29 is 52.6 Å². The molecule has 0 saturated heterocycles. The van der Waals surface area contributed by atoms with Gasteiger partial charge in [0.15, 0.2) is 23.8 Å². The van der Waals surface area contributed by atoms with Gasteiger partial charge in [0, 0.05) is 54.5 Å². The molecule has 87 heavy (non-hydrogen) atoms. The molecule has 4 rings (SSSR count). The summed E-state index contributed by atoms with van der Waals surface area (Å²) in [5, 5.41) is 18.9. The number of amides is 8. The maximum Gasteiger partial charge on any atom is 0.255 e. The lowest BCUT2D eigenvalue weighted by Crippen LogP contribution is -2.44. The van der Waals surface area contributed by atoms with Crippen LogP contribution >= 0.6 is 0 Å². The number of nitrogens with zero attached hydrogens (tertiary/aromatic N) is 4. The minimum absolute atomic E-state index is 0.00200. The van der Waals surface area contributed by atoms with Crippen molar-refractivity contribution in [3.05, 3.63) is 101 Å². The number of aliphatic imine (C=N–C) groups is 4. The SMILES string of the molecule is COc1ccc(NC(=O)[C@H](N)CCCN=C(N)N)cc1C(=O)N[C@H](CCCN=C(N)N)C(=O)Nc1ccc(OC)c(C(=O)N[C@H](CCCN=C(N)N)C(=O)Nc2ccc(OC)c(C(=O)N[C@H](CCCN=C(N)N)C(=O)Nc3cccc(C(N)=O)c3)c2)c1. The Morgan fingerprint density at radius 3 is 1.00 bits per heavy atom. The summed E-state index contributed by atoms with van der Waals surface area (Å²) in [6.45, 7) is 0.536. The lowest BCUT2D eigenvalue weighted by Gasteiger charge is -2.21. The molecule has 0 spiro atoms. The second kappa shape index (κ2) is 34.6. The predicted molar refractivity (Wildman–Crippen MR) is 330 cm³/mol. The molecular weight excluding hydrogens is 1130 g/mol. The summed E-state index contributed by atoms with van der Waals surface area (Å²) in [6.07, 6.45) is 1.31. The number of carbonyl (C=O) groups excluding carboxylic acids is 8. The van der Waals surface area contributed by atoms with Gasteiger partial charge in [0.05, 0.1) is 44.1 Å². The third-order valence-electron chi connectivity index (χ3n) is 12.6. The Kier molecular flexibility index (Phi) is 27.3. The van der Waals surface area contributed by atoms with Crippen LogP contribution in [0.1, 0.15) is 92.8 Å². The molecule has 0 aliphatic rings.